The van der Waals surface area contributed by atoms with Crippen molar-refractivity contribution in [3.05, 3.63) is 151 Å². The minimum absolute atomic E-state index is 0. The molecular formula is C42H46Cl2Zr. The predicted octanol–water partition coefficient (Wildman–Crippen LogP) is 5.12. The van der Waals surface area contributed by atoms with Gasteiger partial charge in [-0.3, -0.25) is 0 Å². The van der Waals surface area contributed by atoms with Gasteiger partial charge in [-0.25, -0.2) is 0 Å². The van der Waals surface area contributed by atoms with Gasteiger partial charge in [-0.1, -0.05) is 0 Å². The van der Waals surface area contributed by atoms with E-state index < -0.39 is 21.3 Å². The molecule has 4 aromatic carbocycles. The number of hydrogen-bond donors (Lipinski definition) is 0. The topological polar surface area (TPSA) is 0 Å². The molecule has 3 heteroatoms. The molecular weight excluding hydrogens is 667 g/mol. The number of fused-ring (bicyclic) bond motifs is 3. The quantitative estimate of drug-likeness (QED) is 0.270. The van der Waals surface area contributed by atoms with Gasteiger partial charge in [0, 0.05) is 0 Å². The summed E-state index contributed by atoms with van der Waals surface area (Å²) in [4.78, 5) is 0. The maximum atomic E-state index is 2.63. The van der Waals surface area contributed by atoms with Crippen molar-refractivity contribution in [3.63, 3.8) is 0 Å². The van der Waals surface area contributed by atoms with E-state index in [2.05, 4.69) is 165 Å². The van der Waals surface area contributed by atoms with Gasteiger partial charge in [-0.05, 0) is 0 Å². The van der Waals surface area contributed by atoms with Crippen molar-refractivity contribution in [2.75, 3.05) is 0 Å². The van der Waals surface area contributed by atoms with Crippen LogP contribution in [0.1, 0.15) is 98.8 Å². The Kier molecular flexibility index (Phi) is 10.9. The standard InChI is InChI=1S/C21H25.C13H10.C8H11.2ClH.Zr/c1-20(2,3)16-7-9-18-14(12-16)11-15-13-17(21(4,5)6)8-10-19(15)18;1-3-7-12(8-4-1)11-13-9-5-2-6-10-13;1-7(2)8-5-3-4-6-8;;;/h7-13H,1-6H3;1-10H;5-7H,3H2,1-2H3;2*1H;/q;;;;;+2/p-2. The van der Waals surface area contributed by atoms with Gasteiger partial charge in [-0.2, -0.15) is 0 Å². The summed E-state index contributed by atoms with van der Waals surface area (Å²) in [5.74, 6) is 0.544. The number of allylic oxidation sites excluding steroid dienone is 4. The summed E-state index contributed by atoms with van der Waals surface area (Å²) in [7, 11) is 0. The first kappa shape index (κ1) is 35.5. The first-order chi connectivity index (χ1) is 20.4. The SMILES string of the molecule is CC(C)C1=CC[C]([Zr+2](=[C](c2ccccc2)c2ccccc2)[CH]2c3cc(C(C)(C)C)ccc3-c3ccc(C(C)(C)C)cc32)=C1.[Cl-].[Cl-]. The van der Waals surface area contributed by atoms with Crippen LogP contribution >= 0.6 is 0 Å². The fraction of sp³-hybridized carbons (Fsp3) is 0.310. The molecule has 2 aliphatic rings. The third-order valence-electron chi connectivity index (χ3n) is 9.34. The normalized spacial score (nSPS) is 14.0. The molecule has 0 radical (unpaired) electrons. The van der Waals surface area contributed by atoms with E-state index >= 15 is 0 Å². The molecule has 0 saturated carbocycles. The minimum atomic E-state index is -2.75. The third-order valence-corrected chi connectivity index (χ3v) is 17.6. The van der Waals surface area contributed by atoms with Crippen LogP contribution in [0.3, 0.4) is 0 Å². The largest absolute Gasteiger partial charge is 1.00 e. The van der Waals surface area contributed by atoms with Crippen molar-refractivity contribution in [2.45, 2.75) is 76.3 Å². The zero-order chi connectivity index (χ0) is 30.5. The fourth-order valence-electron chi connectivity index (χ4n) is 6.82. The molecule has 0 saturated heterocycles. The molecule has 4 aromatic rings. The van der Waals surface area contributed by atoms with Crippen LogP contribution in [0.2, 0.25) is 0 Å². The maximum absolute atomic E-state index is 2.75. The van der Waals surface area contributed by atoms with Gasteiger partial charge in [0.25, 0.3) is 0 Å². The molecule has 45 heavy (non-hydrogen) atoms. The second-order valence-corrected chi connectivity index (χ2v) is 21.1. The van der Waals surface area contributed by atoms with E-state index in [1.54, 1.807) is 17.6 Å². The summed E-state index contributed by atoms with van der Waals surface area (Å²) in [5, 5.41) is 0. The molecule has 6 rings (SSSR count). The van der Waals surface area contributed by atoms with Gasteiger partial charge < -0.3 is 24.8 Å². The second kappa shape index (κ2) is 13.8. The average molecular weight is 713 g/mol. The van der Waals surface area contributed by atoms with Crippen LogP contribution in [0.15, 0.2) is 118 Å². The first-order valence-corrected chi connectivity index (χ1v) is 19.9. The first-order valence-electron chi connectivity index (χ1n) is 16.0. The molecule has 232 valence electrons. The summed E-state index contributed by atoms with van der Waals surface area (Å²) in [6.45, 7) is 18.8. The molecule has 0 bridgehead atoms. The molecule has 0 atom stereocenters. The van der Waals surface area contributed by atoms with Crippen LogP contribution in [0.25, 0.3) is 11.1 Å². The Morgan fingerprint density at radius 1 is 0.644 bits per heavy atom. The van der Waals surface area contributed by atoms with Crippen molar-refractivity contribution < 1.29 is 46.1 Å². The van der Waals surface area contributed by atoms with Crippen molar-refractivity contribution in [3.8, 4) is 11.1 Å². The van der Waals surface area contributed by atoms with E-state index in [-0.39, 0.29) is 35.6 Å². The summed E-state index contributed by atoms with van der Waals surface area (Å²) in [6, 6.07) is 37.5. The molecule has 0 N–H and O–H groups in total. The molecule has 0 aliphatic heterocycles. The van der Waals surface area contributed by atoms with Gasteiger partial charge in [0.2, 0.25) is 0 Å². The Hall–Kier alpha value is -2.31. The molecule has 2 aliphatic carbocycles. The molecule has 0 amide bonds. The van der Waals surface area contributed by atoms with Crippen molar-refractivity contribution in [1.29, 1.82) is 0 Å². The number of benzene rings is 4. The van der Waals surface area contributed by atoms with Crippen molar-refractivity contribution >= 4 is 3.21 Å². The predicted molar refractivity (Wildman–Crippen MR) is 183 cm³/mol. The number of halogens is 2. The second-order valence-electron chi connectivity index (χ2n) is 14.8. The number of hydrogen-bond acceptors (Lipinski definition) is 0. The fourth-order valence-corrected chi connectivity index (χ4v) is 15.9. The van der Waals surface area contributed by atoms with Gasteiger partial charge in [0.1, 0.15) is 0 Å². The van der Waals surface area contributed by atoms with E-state index in [9.17, 15) is 0 Å². The third kappa shape index (κ3) is 7.03. The van der Waals surface area contributed by atoms with Crippen molar-refractivity contribution in [2.24, 2.45) is 5.92 Å². The average Bonchev–Trinajstić information content (AvgIpc) is 3.59. The summed E-state index contributed by atoms with van der Waals surface area (Å²) < 4.78 is 3.76. The van der Waals surface area contributed by atoms with Gasteiger partial charge in [-0.15, -0.1) is 0 Å². The molecule has 0 heterocycles. The van der Waals surface area contributed by atoms with Crippen LogP contribution in [-0.2, 0) is 32.1 Å². The van der Waals surface area contributed by atoms with Crippen LogP contribution in [0.5, 0.6) is 0 Å². The molecule has 0 fully saturated rings. The van der Waals surface area contributed by atoms with Crippen LogP contribution in [0, 0.1) is 5.92 Å². The monoisotopic (exact) mass is 710 g/mol. The zero-order valence-corrected chi connectivity index (χ0v) is 32.0. The van der Waals surface area contributed by atoms with Crippen LogP contribution in [0.4, 0.5) is 0 Å². The van der Waals surface area contributed by atoms with E-state index in [0.29, 0.717) is 9.54 Å². The van der Waals surface area contributed by atoms with Crippen molar-refractivity contribution in [1.82, 2.24) is 0 Å². The summed E-state index contributed by atoms with van der Waals surface area (Å²) in [6.07, 6.45) is 6.25. The summed E-state index contributed by atoms with van der Waals surface area (Å²) >= 11 is -2.75. The van der Waals surface area contributed by atoms with Gasteiger partial charge in [0.05, 0.1) is 0 Å². The Labute approximate surface area is 292 Å². The van der Waals surface area contributed by atoms with E-state index in [1.165, 1.54) is 39.0 Å². The molecule has 0 nitrogen and oxygen atoms in total. The molecule has 0 aromatic heterocycles. The van der Waals surface area contributed by atoms with E-state index in [0.717, 1.165) is 6.42 Å². The summed E-state index contributed by atoms with van der Waals surface area (Å²) in [5.41, 5.74) is 13.4. The molecule has 0 spiro atoms. The van der Waals surface area contributed by atoms with Gasteiger partial charge >= 0.3 is 269 Å². The van der Waals surface area contributed by atoms with E-state index in [1.807, 2.05) is 0 Å². The van der Waals surface area contributed by atoms with Gasteiger partial charge in [0.15, 0.2) is 0 Å². The Balaban J connectivity index is 0.00000230. The minimum Gasteiger partial charge on any atom is -1.00 e. The van der Waals surface area contributed by atoms with Crippen LogP contribution < -0.4 is 24.8 Å². The van der Waals surface area contributed by atoms with E-state index in [4.69, 9.17) is 0 Å². The Bertz CT molecular complexity index is 1660. The van der Waals surface area contributed by atoms with Crippen LogP contribution in [-0.4, -0.2) is 3.21 Å². The zero-order valence-electron chi connectivity index (χ0n) is 28.0. The maximum Gasteiger partial charge on any atom is -1.00 e. The Morgan fingerprint density at radius 3 is 1.47 bits per heavy atom. The molecule has 0 unspecified atom stereocenters. The Morgan fingerprint density at radius 2 is 1.09 bits per heavy atom. The number of rotatable bonds is 5. The smallest absolute Gasteiger partial charge is 1.00 e.